The highest BCUT2D eigenvalue weighted by atomic mass is 32.2. The Labute approximate surface area is 201 Å². The Morgan fingerprint density at radius 3 is 2.82 bits per heavy atom. The molecule has 3 aromatic rings. The maximum absolute atomic E-state index is 12.4. The zero-order chi connectivity index (χ0) is 23.0. The number of thioether (sulfide) groups is 1. The normalized spacial score (nSPS) is 15.4. The number of carbonyl (C=O) groups is 1. The predicted octanol–water partition coefficient (Wildman–Crippen LogP) is 1.65. The first-order valence-corrected chi connectivity index (χ1v) is 12.0. The first kappa shape index (κ1) is 23.2. The molecule has 4 rings (SSSR count). The summed E-state index contributed by atoms with van der Waals surface area (Å²) >= 11 is 6.52. The molecular formula is C21H26N8O2S2. The molecule has 0 unspecified atom stereocenters. The van der Waals surface area contributed by atoms with Gasteiger partial charge in [-0.2, -0.15) is 5.10 Å². The Balaban J connectivity index is 1.31. The van der Waals surface area contributed by atoms with Gasteiger partial charge in [-0.15, -0.1) is 10.2 Å². The van der Waals surface area contributed by atoms with Gasteiger partial charge in [0.05, 0.1) is 18.4 Å². The summed E-state index contributed by atoms with van der Waals surface area (Å²) in [4.78, 5) is 12.4. The van der Waals surface area contributed by atoms with E-state index < -0.39 is 0 Å². The summed E-state index contributed by atoms with van der Waals surface area (Å²) < 4.78 is 9.51. The van der Waals surface area contributed by atoms with Gasteiger partial charge in [-0.25, -0.2) is 0 Å². The van der Waals surface area contributed by atoms with Crippen molar-refractivity contribution in [2.45, 2.75) is 37.2 Å². The van der Waals surface area contributed by atoms with E-state index in [9.17, 15) is 4.79 Å². The molecule has 0 bridgehead atoms. The first-order valence-electron chi connectivity index (χ1n) is 10.6. The van der Waals surface area contributed by atoms with Crippen molar-refractivity contribution in [2.75, 3.05) is 12.4 Å². The highest BCUT2D eigenvalue weighted by molar-refractivity contribution is 7.99. The van der Waals surface area contributed by atoms with Crippen molar-refractivity contribution < 1.29 is 9.53 Å². The lowest BCUT2D eigenvalue weighted by Crippen LogP contribution is -2.47. The average Bonchev–Trinajstić information content (AvgIpc) is 3.58. The smallest absolute Gasteiger partial charge is 0.248 e. The number of hydrazine groups is 1. The van der Waals surface area contributed by atoms with E-state index >= 15 is 0 Å². The van der Waals surface area contributed by atoms with Crippen molar-refractivity contribution in [1.82, 2.24) is 40.7 Å². The number of hydrogen-bond acceptors (Lipinski definition) is 7. The maximum atomic E-state index is 12.4. The fraction of sp³-hybridized carbons (Fsp3) is 0.381. The third-order valence-electron chi connectivity index (χ3n) is 5.01. The van der Waals surface area contributed by atoms with Crippen LogP contribution in [-0.4, -0.2) is 54.0 Å². The minimum atomic E-state index is -0.227. The van der Waals surface area contributed by atoms with Crippen LogP contribution < -0.4 is 16.2 Å². The largest absolute Gasteiger partial charge is 0.376 e. The molecule has 2 aromatic heterocycles. The summed E-state index contributed by atoms with van der Waals surface area (Å²) in [7, 11) is 1.86. The monoisotopic (exact) mass is 486 g/mol. The van der Waals surface area contributed by atoms with Gasteiger partial charge in [0.25, 0.3) is 0 Å². The standard InChI is InChI=1S/C21H26N8O2S2/c1-28-10-9-17(27-28)19-24-26-21(29(19)13-16-8-5-11-31-16)33-14-18(30)23-25-20(32)22-12-15-6-3-2-4-7-15/h2-4,6-7,9-10,16H,5,8,11-14H2,1H3,(H,23,30)(H2,22,25,32)/t16-/m0/s1. The summed E-state index contributed by atoms with van der Waals surface area (Å²) in [5.41, 5.74) is 7.17. The Hall–Kier alpha value is -2.96. The Morgan fingerprint density at radius 1 is 1.24 bits per heavy atom. The number of thiocarbonyl (C=S) groups is 1. The zero-order valence-electron chi connectivity index (χ0n) is 18.2. The van der Waals surface area contributed by atoms with Crippen molar-refractivity contribution in [2.24, 2.45) is 7.05 Å². The van der Waals surface area contributed by atoms with E-state index in [-0.39, 0.29) is 17.8 Å². The van der Waals surface area contributed by atoms with Crippen molar-refractivity contribution in [3.05, 3.63) is 48.2 Å². The van der Waals surface area contributed by atoms with Crippen molar-refractivity contribution in [1.29, 1.82) is 0 Å². The van der Waals surface area contributed by atoms with Crippen LogP contribution in [-0.2, 0) is 29.7 Å². The summed E-state index contributed by atoms with van der Waals surface area (Å²) in [6.07, 6.45) is 4.00. The van der Waals surface area contributed by atoms with Gasteiger partial charge in [0.1, 0.15) is 5.69 Å². The van der Waals surface area contributed by atoms with Crippen LogP contribution in [0.15, 0.2) is 47.8 Å². The van der Waals surface area contributed by atoms with Crippen LogP contribution in [0.25, 0.3) is 11.5 Å². The van der Waals surface area contributed by atoms with Crippen LogP contribution in [0.3, 0.4) is 0 Å². The molecule has 1 aliphatic heterocycles. The number of aryl methyl sites for hydroxylation is 1. The van der Waals surface area contributed by atoms with Crippen molar-refractivity contribution in [3.8, 4) is 11.5 Å². The minimum Gasteiger partial charge on any atom is -0.376 e. The molecule has 1 aliphatic rings. The van der Waals surface area contributed by atoms with Gasteiger partial charge in [0, 0.05) is 26.4 Å². The molecule has 1 fully saturated rings. The van der Waals surface area contributed by atoms with Gasteiger partial charge in [0.15, 0.2) is 16.1 Å². The summed E-state index contributed by atoms with van der Waals surface area (Å²) in [6, 6.07) is 11.8. The number of carbonyl (C=O) groups excluding carboxylic acids is 1. The van der Waals surface area contributed by atoms with Gasteiger partial charge in [-0.05, 0) is 36.7 Å². The molecule has 12 heteroatoms. The van der Waals surface area contributed by atoms with Gasteiger partial charge >= 0.3 is 0 Å². The lowest BCUT2D eigenvalue weighted by molar-refractivity contribution is -0.119. The van der Waals surface area contributed by atoms with Gasteiger partial charge < -0.3 is 10.1 Å². The van der Waals surface area contributed by atoms with Crippen molar-refractivity contribution >= 4 is 35.0 Å². The van der Waals surface area contributed by atoms with Crippen LogP contribution in [0.4, 0.5) is 0 Å². The van der Waals surface area contributed by atoms with Gasteiger partial charge in [-0.3, -0.25) is 24.9 Å². The second-order valence-electron chi connectivity index (χ2n) is 7.56. The maximum Gasteiger partial charge on any atom is 0.248 e. The van der Waals surface area contributed by atoms with E-state index in [0.717, 1.165) is 30.7 Å². The topological polar surface area (TPSA) is 111 Å². The van der Waals surface area contributed by atoms with E-state index in [1.165, 1.54) is 11.8 Å². The van der Waals surface area contributed by atoms with Crippen LogP contribution in [0.5, 0.6) is 0 Å². The number of nitrogens with zero attached hydrogens (tertiary/aromatic N) is 5. The highest BCUT2D eigenvalue weighted by Crippen LogP contribution is 2.25. The van der Waals surface area contributed by atoms with Crippen LogP contribution in [0.1, 0.15) is 18.4 Å². The lowest BCUT2D eigenvalue weighted by atomic mass is 10.2. The third kappa shape index (κ3) is 6.53. The van der Waals surface area contributed by atoms with Crippen LogP contribution >= 0.6 is 24.0 Å². The molecular weight excluding hydrogens is 460 g/mol. The quantitative estimate of drug-likeness (QED) is 0.249. The fourth-order valence-corrected chi connectivity index (χ4v) is 4.26. The number of aromatic nitrogens is 5. The van der Waals surface area contributed by atoms with Crippen LogP contribution in [0.2, 0.25) is 0 Å². The molecule has 0 radical (unpaired) electrons. The molecule has 0 spiro atoms. The third-order valence-corrected chi connectivity index (χ3v) is 6.23. The Bertz CT molecular complexity index is 1080. The molecule has 3 heterocycles. The number of amides is 1. The molecule has 3 N–H and O–H groups in total. The number of nitrogens with one attached hydrogen (secondary N) is 3. The van der Waals surface area contributed by atoms with Crippen LogP contribution in [0, 0.1) is 0 Å². The summed E-state index contributed by atoms with van der Waals surface area (Å²) in [5, 5.41) is 17.1. The fourth-order valence-electron chi connectivity index (χ4n) is 3.39. The average molecular weight is 487 g/mol. The number of ether oxygens (including phenoxy) is 1. The van der Waals surface area contributed by atoms with E-state index in [0.29, 0.717) is 29.2 Å². The molecule has 0 aliphatic carbocycles. The molecule has 174 valence electrons. The van der Waals surface area contributed by atoms with Gasteiger partial charge in [-0.1, -0.05) is 42.1 Å². The lowest BCUT2D eigenvalue weighted by Gasteiger charge is -2.14. The minimum absolute atomic E-state index is 0.103. The summed E-state index contributed by atoms with van der Waals surface area (Å²) in [5.74, 6) is 0.591. The van der Waals surface area contributed by atoms with Gasteiger partial charge in [0.2, 0.25) is 5.91 Å². The number of benzene rings is 1. The number of rotatable bonds is 8. The SMILES string of the molecule is Cn1ccc(-c2nnc(SCC(=O)NNC(=S)NCc3ccccc3)n2C[C@@H]2CCCO2)n1. The van der Waals surface area contributed by atoms with E-state index in [1.54, 1.807) is 4.68 Å². The molecule has 10 nitrogen and oxygen atoms in total. The first-order chi connectivity index (χ1) is 16.1. The Morgan fingerprint density at radius 2 is 2.09 bits per heavy atom. The van der Waals surface area contributed by atoms with Crippen molar-refractivity contribution in [3.63, 3.8) is 0 Å². The zero-order valence-corrected chi connectivity index (χ0v) is 19.9. The molecule has 1 amide bonds. The second-order valence-corrected chi connectivity index (χ2v) is 8.91. The molecule has 1 saturated heterocycles. The Kier molecular flexibility index (Phi) is 7.92. The molecule has 0 saturated carbocycles. The molecule has 1 aromatic carbocycles. The molecule has 1 atom stereocenters. The van der Waals surface area contributed by atoms with E-state index in [2.05, 4.69) is 31.5 Å². The predicted molar refractivity (Wildman–Crippen MR) is 129 cm³/mol. The summed E-state index contributed by atoms with van der Waals surface area (Å²) in [6.45, 7) is 1.95. The van der Waals surface area contributed by atoms with E-state index in [4.69, 9.17) is 17.0 Å². The molecule has 33 heavy (non-hydrogen) atoms. The highest BCUT2D eigenvalue weighted by Gasteiger charge is 2.23. The second kappa shape index (κ2) is 11.3. The van der Waals surface area contributed by atoms with E-state index in [1.807, 2.05) is 54.2 Å². The number of hydrogen-bond donors (Lipinski definition) is 3.